The molecule has 17 heavy (non-hydrogen) atoms. The molecular formula is C14H12FNO. The molecule has 0 aromatic heterocycles. The molecule has 0 bridgehead atoms. The summed E-state index contributed by atoms with van der Waals surface area (Å²) in [7, 11) is 0. The first-order valence-electron chi connectivity index (χ1n) is 5.78. The third-order valence-corrected chi connectivity index (χ3v) is 3.37. The van der Waals surface area contributed by atoms with Gasteiger partial charge in [0.05, 0.1) is 5.69 Å². The zero-order valence-corrected chi connectivity index (χ0v) is 9.32. The standard InChI is InChI=1S/C14H12FNO/c15-10-3-6-14-12(7-10)13(8-16-14)9-1-4-11(17)5-2-9/h1,3,6-8,13H,2,4-5H2. The number of ketones is 1. The van der Waals surface area contributed by atoms with Crippen molar-refractivity contribution in [1.29, 1.82) is 0 Å². The summed E-state index contributed by atoms with van der Waals surface area (Å²) in [6.45, 7) is 0. The molecule has 1 aromatic carbocycles. The van der Waals surface area contributed by atoms with Crippen molar-refractivity contribution in [2.75, 3.05) is 0 Å². The molecule has 1 heterocycles. The van der Waals surface area contributed by atoms with Crippen LogP contribution in [0.4, 0.5) is 10.1 Å². The maximum atomic E-state index is 13.2. The summed E-state index contributed by atoms with van der Waals surface area (Å²) in [5.41, 5.74) is 2.96. The van der Waals surface area contributed by atoms with Crippen LogP contribution in [0.1, 0.15) is 30.7 Å². The molecule has 2 aliphatic rings. The van der Waals surface area contributed by atoms with Crippen LogP contribution in [0.15, 0.2) is 34.8 Å². The van der Waals surface area contributed by atoms with Gasteiger partial charge in [0.25, 0.3) is 0 Å². The van der Waals surface area contributed by atoms with E-state index >= 15 is 0 Å². The van der Waals surface area contributed by atoms with Crippen molar-refractivity contribution in [3.05, 3.63) is 41.2 Å². The van der Waals surface area contributed by atoms with Gasteiger partial charge in [-0.2, -0.15) is 0 Å². The third kappa shape index (κ3) is 1.82. The van der Waals surface area contributed by atoms with E-state index in [1.54, 1.807) is 12.1 Å². The Morgan fingerprint density at radius 3 is 2.94 bits per heavy atom. The number of hydrogen-bond donors (Lipinski definition) is 0. The Kier molecular flexibility index (Phi) is 2.39. The minimum absolute atomic E-state index is 0.0637. The summed E-state index contributed by atoms with van der Waals surface area (Å²) < 4.78 is 13.2. The smallest absolute Gasteiger partial charge is 0.136 e. The minimum atomic E-state index is -0.230. The molecule has 0 saturated heterocycles. The highest BCUT2D eigenvalue weighted by atomic mass is 19.1. The first kappa shape index (κ1) is 10.4. The summed E-state index contributed by atoms with van der Waals surface area (Å²) in [5.74, 6) is 0.115. The lowest BCUT2D eigenvalue weighted by Gasteiger charge is -2.17. The van der Waals surface area contributed by atoms with Gasteiger partial charge in [-0.1, -0.05) is 11.6 Å². The number of rotatable bonds is 1. The highest BCUT2D eigenvalue weighted by molar-refractivity contribution is 5.86. The molecular weight excluding hydrogens is 217 g/mol. The number of halogens is 1. The van der Waals surface area contributed by atoms with Gasteiger partial charge < -0.3 is 0 Å². The van der Waals surface area contributed by atoms with Crippen molar-refractivity contribution in [3.63, 3.8) is 0 Å². The normalized spacial score (nSPS) is 22.5. The van der Waals surface area contributed by atoms with Gasteiger partial charge in [0.1, 0.15) is 11.6 Å². The maximum absolute atomic E-state index is 13.2. The Balaban J connectivity index is 1.96. The number of carbonyl (C=O) groups excluding carboxylic acids is 1. The Morgan fingerprint density at radius 1 is 1.29 bits per heavy atom. The average Bonchev–Trinajstić information content (AvgIpc) is 2.73. The van der Waals surface area contributed by atoms with Crippen LogP contribution in [0.3, 0.4) is 0 Å². The topological polar surface area (TPSA) is 29.4 Å². The molecule has 0 N–H and O–H groups in total. The van der Waals surface area contributed by atoms with Crippen molar-refractivity contribution in [2.45, 2.75) is 25.2 Å². The fourth-order valence-electron chi connectivity index (χ4n) is 2.44. The molecule has 1 unspecified atom stereocenters. The molecule has 0 fully saturated rings. The van der Waals surface area contributed by atoms with E-state index in [9.17, 15) is 9.18 Å². The molecule has 86 valence electrons. The van der Waals surface area contributed by atoms with Crippen LogP contribution in [0.2, 0.25) is 0 Å². The largest absolute Gasteiger partial charge is 0.299 e. The van der Waals surface area contributed by atoms with Crippen LogP contribution in [0.25, 0.3) is 0 Å². The summed E-state index contributed by atoms with van der Waals surface area (Å²) in [6, 6.07) is 4.68. The Labute approximate surface area is 98.9 Å². The maximum Gasteiger partial charge on any atom is 0.136 e. The highest BCUT2D eigenvalue weighted by Crippen LogP contribution is 2.39. The monoisotopic (exact) mass is 229 g/mol. The second kappa shape index (κ2) is 3.91. The summed E-state index contributed by atoms with van der Waals surface area (Å²) in [4.78, 5) is 15.5. The number of benzene rings is 1. The number of carbonyl (C=O) groups is 1. The molecule has 1 atom stereocenters. The molecule has 0 spiro atoms. The lowest BCUT2D eigenvalue weighted by molar-refractivity contribution is -0.118. The fourth-order valence-corrected chi connectivity index (χ4v) is 2.44. The Morgan fingerprint density at radius 2 is 2.18 bits per heavy atom. The molecule has 3 rings (SSSR count). The first-order chi connectivity index (χ1) is 8.24. The zero-order valence-electron chi connectivity index (χ0n) is 9.32. The van der Waals surface area contributed by atoms with Crippen LogP contribution in [-0.4, -0.2) is 12.0 Å². The quantitative estimate of drug-likeness (QED) is 0.679. The number of hydrogen-bond acceptors (Lipinski definition) is 2. The fraction of sp³-hybridized carbons (Fsp3) is 0.286. The van der Waals surface area contributed by atoms with E-state index < -0.39 is 0 Å². The third-order valence-electron chi connectivity index (χ3n) is 3.37. The predicted octanol–water partition coefficient (Wildman–Crippen LogP) is 3.30. The van der Waals surface area contributed by atoms with E-state index in [1.807, 2.05) is 12.3 Å². The number of aliphatic imine (C=N–C) groups is 1. The van der Waals surface area contributed by atoms with E-state index in [-0.39, 0.29) is 17.5 Å². The van der Waals surface area contributed by atoms with Crippen molar-refractivity contribution in [2.24, 2.45) is 4.99 Å². The molecule has 0 radical (unpaired) electrons. The van der Waals surface area contributed by atoms with Gasteiger partial charge in [0.2, 0.25) is 0 Å². The second-order valence-electron chi connectivity index (χ2n) is 4.48. The van der Waals surface area contributed by atoms with Crippen LogP contribution in [0.5, 0.6) is 0 Å². The number of fused-ring (bicyclic) bond motifs is 1. The molecule has 1 aliphatic heterocycles. The van der Waals surface area contributed by atoms with Crippen molar-refractivity contribution in [3.8, 4) is 0 Å². The predicted molar refractivity (Wildman–Crippen MR) is 64.2 cm³/mol. The van der Waals surface area contributed by atoms with Gasteiger partial charge in [0.15, 0.2) is 0 Å². The number of nitrogens with zero attached hydrogens (tertiary/aromatic N) is 1. The van der Waals surface area contributed by atoms with Crippen LogP contribution in [0, 0.1) is 5.82 Å². The summed E-state index contributed by atoms with van der Waals surface area (Å²) in [6.07, 6.45) is 5.70. The van der Waals surface area contributed by atoms with Crippen LogP contribution < -0.4 is 0 Å². The highest BCUT2D eigenvalue weighted by Gasteiger charge is 2.25. The van der Waals surface area contributed by atoms with Crippen molar-refractivity contribution >= 4 is 17.7 Å². The first-order valence-corrected chi connectivity index (χ1v) is 5.78. The Hall–Kier alpha value is -1.77. The molecule has 3 heteroatoms. The van der Waals surface area contributed by atoms with Gasteiger partial charge in [-0.3, -0.25) is 9.79 Å². The van der Waals surface area contributed by atoms with Gasteiger partial charge in [-0.05, 0) is 30.2 Å². The summed E-state index contributed by atoms with van der Waals surface area (Å²) >= 11 is 0. The second-order valence-corrected chi connectivity index (χ2v) is 4.48. The molecule has 2 nitrogen and oxygen atoms in total. The summed E-state index contributed by atoms with van der Waals surface area (Å²) in [5, 5.41) is 0. The van der Waals surface area contributed by atoms with Crippen molar-refractivity contribution in [1.82, 2.24) is 0 Å². The zero-order chi connectivity index (χ0) is 11.8. The average molecular weight is 229 g/mol. The number of allylic oxidation sites excluding steroid dienone is 2. The van der Waals surface area contributed by atoms with Crippen molar-refractivity contribution < 1.29 is 9.18 Å². The van der Waals surface area contributed by atoms with Gasteiger partial charge in [0, 0.05) is 25.0 Å². The van der Waals surface area contributed by atoms with Crippen LogP contribution in [-0.2, 0) is 4.79 Å². The lowest BCUT2D eigenvalue weighted by Crippen LogP contribution is -2.09. The van der Waals surface area contributed by atoms with Gasteiger partial charge in [-0.15, -0.1) is 0 Å². The van der Waals surface area contributed by atoms with E-state index in [1.165, 1.54) is 11.6 Å². The van der Waals surface area contributed by atoms with E-state index in [0.29, 0.717) is 12.8 Å². The number of Topliss-reactive ketones (excluding diaryl/α,β-unsaturated/α-hetero) is 1. The Bertz CT molecular complexity index is 545. The minimum Gasteiger partial charge on any atom is -0.299 e. The molecule has 1 aromatic rings. The van der Waals surface area contributed by atoms with Gasteiger partial charge in [-0.25, -0.2) is 4.39 Å². The van der Waals surface area contributed by atoms with Crippen LogP contribution >= 0.6 is 0 Å². The van der Waals surface area contributed by atoms with E-state index in [0.717, 1.165) is 17.7 Å². The molecule has 0 amide bonds. The molecule has 1 aliphatic carbocycles. The van der Waals surface area contributed by atoms with E-state index in [2.05, 4.69) is 4.99 Å². The lowest BCUT2D eigenvalue weighted by atomic mass is 9.85. The SMILES string of the molecule is O=C1CC=C(C2C=Nc3ccc(F)cc32)CC1. The van der Waals surface area contributed by atoms with E-state index in [4.69, 9.17) is 0 Å². The van der Waals surface area contributed by atoms with Gasteiger partial charge >= 0.3 is 0 Å². The molecule has 0 saturated carbocycles.